The van der Waals surface area contributed by atoms with E-state index in [0.717, 1.165) is 31.0 Å². The summed E-state index contributed by atoms with van der Waals surface area (Å²) in [5.74, 6) is 1.04. The first kappa shape index (κ1) is 12.3. The summed E-state index contributed by atoms with van der Waals surface area (Å²) >= 11 is 0. The van der Waals surface area contributed by atoms with Gasteiger partial charge in [0.25, 0.3) is 0 Å². The van der Waals surface area contributed by atoms with Gasteiger partial charge in [0.1, 0.15) is 0 Å². The molecule has 1 aliphatic rings. The highest BCUT2D eigenvalue weighted by molar-refractivity contribution is 5.95. The molecule has 2 rings (SSSR count). The van der Waals surface area contributed by atoms with Crippen molar-refractivity contribution in [2.45, 2.75) is 32.6 Å². The Morgan fingerprint density at radius 1 is 1.24 bits per heavy atom. The maximum absolute atomic E-state index is 11.5. The molecule has 1 aromatic carbocycles. The van der Waals surface area contributed by atoms with Crippen LogP contribution in [-0.4, -0.2) is 18.9 Å². The van der Waals surface area contributed by atoms with E-state index >= 15 is 0 Å². The first-order chi connectivity index (χ1) is 8.29. The topological polar surface area (TPSA) is 29.1 Å². The number of benzene rings is 1. The summed E-state index contributed by atoms with van der Waals surface area (Å²) in [4.78, 5) is 11.5. The second kappa shape index (κ2) is 5.97. The van der Waals surface area contributed by atoms with Gasteiger partial charge in [-0.2, -0.15) is 0 Å². The van der Waals surface area contributed by atoms with Crippen LogP contribution >= 0.6 is 0 Å². The molecule has 17 heavy (non-hydrogen) atoms. The summed E-state index contributed by atoms with van der Waals surface area (Å²) in [5, 5.41) is 3.39. The lowest BCUT2D eigenvalue weighted by molar-refractivity contribution is 0.0988. The third kappa shape index (κ3) is 3.40. The Kier molecular flexibility index (Phi) is 4.32. The Morgan fingerprint density at radius 2 is 1.88 bits per heavy atom. The van der Waals surface area contributed by atoms with Gasteiger partial charge in [0.15, 0.2) is 5.78 Å². The third-order valence-corrected chi connectivity index (χ3v) is 3.58. The zero-order chi connectivity index (χ0) is 12.1. The molecule has 2 nitrogen and oxygen atoms in total. The molecule has 1 fully saturated rings. The number of rotatable bonds is 4. The van der Waals surface area contributed by atoms with E-state index in [0.29, 0.717) is 6.42 Å². The van der Waals surface area contributed by atoms with Crippen LogP contribution in [0.15, 0.2) is 24.3 Å². The first-order valence-electron chi connectivity index (χ1n) is 6.62. The Bertz CT molecular complexity index is 363. The van der Waals surface area contributed by atoms with E-state index in [-0.39, 0.29) is 5.78 Å². The minimum Gasteiger partial charge on any atom is -0.317 e. The van der Waals surface area contributed by atoms with Crippen molar-refractivity contribution in [2.75, 3.05) is 13.1 Å². The van der Waals surface area contributed by atoms with E-state index in [1.807, 2.05) is 19.1 Å². The number of piperidine rings is 1. The van der Waals surface area contributed by atoms with Crippen LogP contribution < -0.4 is 5.32 Å². The van der Waals surface area contributed by atoms with Crippen LogP contribution in [0.1, 0.15) is 42.1 Å². The van der Waals surface area contributed by atoms with Gasteiger partial charge in [0, 0.05) is 12.0 Å². The lowest BCUT2D eigenvalue weighted by atomic mass is 9.90. The van der Waals surface area contributed by atoms with Crippen molar-refractivity contribution in [3.05, 3.63) is 35.4 Å². The second-order valence-electron chi connectivity index (χ2n) is 4.87. The smallest absolute Gasteiger partial charge is 0.162 e. The number of hydrogen-bond donors (Lipinski definition) is 1. The molecule has 0 bridgehead atoms. The fourth-order valence-corrected chi connectivity index (χ4v) is 2.45. The van der Waals surface area contributed by atoms with Crippen molar-refractivity contribution >= 4 is 5.78 Å². The maximum Gasteiger partial charge on any atom is 0.162 e. The zero-order valence-electron chi connectivity index (χ0n) is 10.5. The van der Waals surface area contributed by atoms with Crippen LogP contribution in [0.4, 0.5) is 0 Å². The molecule has 0 amide bonds. The van der Waals surface area contributed by atoms with Gasteiger partial charge in [-0.05, 0) is 43.8 Å². The summed E-state index contributed by atoms with van der Waals surface area (Å²) in [6.45, 7) is 4.21. The first-order valence-corrected chi connectivity index (χ1v) is 6.62. The van der Waals surface area contributed by atoms with Gasteiger partial charge in [-0.25, -0.2) is 0 Å². The molecule has 0 aliphatic carbocycles. The van der Waals surface area contributed by atoms with Crippen LogP contribution in [0.5, 0.6) is 0 Å². The largest absolute Gasteiger partial charge is 0.317 e. The number of ketones is 1. The number of carbonyl (C=O) groups excluding carboxylic acids is 1. The maximum atomic E-state index is 11.5. The second-order valence-corrected chi connectivity index (χ2v) is 4.87. The summed E-state index contributed by atoms with van der Waals surface area (Å²) in [6, 6.07) is 8.18. The molecular formula is C15H21NO. The SMILES string of the molecule is CCC(=O)c1ccc(CC2CCNCC2)cc1. The Hall–Kier alpha value is -1.15. The molecule has 0 radical (unpaired) electrons. The fourth-order valence-electron chi connectivity index (χ4n) is 2.45. The Labute approximate surface area is 103 Å². The van der Waals surface area contributed by atoms with Gasteiger partial charge in [0.05, 0.1) is 0 Å². The van der Waals surface area contributed by atoms with Crippen LogP contribution in [-0.2, 0) is 6.42 Å². The van der Waals surface area contributed by atoms with Crippen molar-refractivity contribution in [1.29, 1.82) is 0 Å². The van der Waals surface area contributed by atoms with E-state index in [1.165, 1.54) is 18.4 Å². The molecular weight excluding hydrogens is 210 g/mol. The van der Waals surface area contributed by atoms with Crippen LogP contribution in [0.2, 0.25) is 0 Å². The third-order valence-electron chi connectivity index (χ3n) is 3.58. The minimum atomic E-state index is 0.235. The van der Waals surface area contributed by atoms with Crippen molar-refractivity contribution in [3.8, 4) is 0 Å². The summed E-state index contributed by atoms with van der Waals surface area (Å²) < 4.78 is 0. The lowest BCUT2D eigenvalue weighted by Gasteiger charge is -2.22. The van der Waals surface area contributed by atoms with Crippen LogP contribution in [0.3, 0.4) is 0 Å². The van der Waals surface area contributed by atoms with Crippen LogP contribution in [0.25, 0.3) is 0 Å². The zero-order valence-corrected chi connectivity index (χ0v) is 10.5. The number of Topliss-reactive ketones (excluding diaryl/α,β-unsaturated/α-hetero) is 1. The number of hydrogen-bond acceptors (Lipinski definition) is 2. The number of carbonyl (C=O) groups is 1. The average molecular weight is 231 g/mol. The van der Waals surface area contributed by atoms with E-state index in [1.54, 1.807) is 0 Å². The van der Waals surface area contributed by atoms with Crippen molar-refractivity contribution in [2.24, 2.45) is 5.92 Å². The molecule has 92 valence electrons. The summed E-state index contributed by atoms with van der Waals surface area (Å²) in [7, 11) is 0. The molecule has 1 N–H and O–H groups in total. The molecule has 0 aromatic heterocycles. The average Bonchev–Trinajstić information content (AvgIpc) is 2.40. The number of nitrogens with one attached hydrogen (secondary N) is 1. The lowest BCUT2D eigenvalue weighted by Crippen LogP contribution is -2.28. The van der Waals surface area contributed by atoms with Gasteiger partial charge in [-0.15, -0.1) is 0 Å². The fraction of sp³-hybridized carbons (Fsp3) is 0.533. The van der Waals surface area contributed by atoms with Gasteiger partial charge < -0.3 is 5.32 Å². The normalized spacial score (nSPS) is 17.0. The van der Waals surface area contributed by atoms with Gasteiger partial charge in [0.2, 0.25) is 0 Å². The Balaban J connectivity index is 1.95. The molecule has 1 aliphatic heterocycles. The highest BCUT2D eigenvalue weighted by Gasteiger charge is 2.13. The molecule has 0 atom stereocenters. The van der Waals surface area contributed by atoms with E-state index in [9.17, 15) is 4.79 Å². The molecule has 2 heteroatoms. The molecule has 1 heterocycles. The van der Waals surface area contributed by atoms with Crippen molar-refractivity contribution < 1.29 is 4.79 Å². The molecule has 1 saturated heterocycles. The predicted octanol–water partition coefficient (Wildman–Crippen LogP) is 2.82. The highest BCUT2D eigenvalue weighted by atomic mass is 16.1. The summed E-state index contributed by atoms with van der Waals surface area (Å²) in [5.41, 5.74) is 2.21. The monoisotopic (exact) mass is 231 g/mol. The quantitative estimate of drug-likeness (QED) is 0.807. The highest BCUT2D eigenvalue weighted by Crippen LogP contribution is 2.18. The Morgan fingerprint density at radius 3 is 2.47 bits per heavy atom. The molecule has 0 saturated carbocycles. The van der Waals surface area contributed by atoms with Gasteiger partial charge >= 0.3 is 0 Å². The predicted molar refractivity (Wildman–Crippen MR) is 70.4 cm³/mol. The van der Waals surface area contributed by atoms with Crippen LogP contribution in [0, 0.1) is 5.92 Å². The van der Waals surface area contributed by atoms with E-state index in [4.69, 9.17) is 0 Å². The standard InChI is InChI=1S/C15H21NO/c1-2-15(17)14-5-3-12(4-6-14)11-13-7-9-16-10-8-13/h3-6,13,16H,2,7-11H2,1H3. The molecule has 0 unspecified atom stereocenters. The van der Waals surface area contributed by atoms with Crippen molar-refractivity contribution in [1.82, 2.24) is 5.32 Å². The van der Waals surface area contributed by atoms with Gasteiger partial charge in [-0.1, -0.05) is 31.2 Å². The van der Waals surface area contributed by atoms with E-state index < -0.39 is 0 Å². The van der Waals surface area contributed by atoms with E-state index in [2.05, 4.69) is 17.4 Å². The molecule has 0 spiro atoms. The summed E-state index contributed by atoms with van der Waals surface area (Å²) in [6.07, 6.45) is 4.29. The van der Waals surface area contributed by atoms with Gasteiger partial charge in [-0.3, -0.25) is 4.79 Å². The van der Waals surface area contributed by atoms with Crippen molar-refractivity contribution in [3.63, 3.8) is 0 Å². The molecule has 1 aromatic rings. The minimum absolute atomic E-state index is 0.235.